The van der Waals surface area contributed by atoms with Crippen LogP contribution < -0.4 is 0 Å². The fourth-order valence-electron chi connectivity index (χ4n) is 3.03. The van der Waals surface area contributed by atoms with Gasteiger partial charge in [0.05, 0.1) is 0 Å². The van der Waals surface area contributed by atoms with Crippen LogP contribution in [-0.2, 0) is 9.59 Å². The van der Waals surface area contributed by atoms with E-state index in [0.29, 0.717) is 5.75 Å². The van der Waals surface area contributed by atoms with Crippen molar-refractivity contribution in [2.45, 2.75) is 50.4 Å². The van der Waals surface area contributed by atoms with Gasteiger partial charge in [-0.1, -0.05) is 6.42 Å². The highest BCUT2D eigenvalue weighted by Crippen LogP contribution is 2.41. The average Bonchev–Trinajstić information content (AvgIpc) is 2.45. The van der Waals surface area contributed by atoms with Gasteiger partial charge in [0, 0.05) is 11.5 Å². The molecule has 0 aromatic carbocycles. The number of nitrogens with zero attached hydrogens (tertiary/aromatic N) is 2. The number of hydrogen-bond donors (Lipinski definition) is 1. The van der Waals surface area contributed by atoms with Crippen LogP contribution in [0.5, 0.6) is 0 Å². The van der Waals surface area contributed by atoms with Crippen molar-refractivity contribution in [3.8, 4) is 0 Å². The van der Waals surface area contributed by atoms with Crippen molar-refractivity contribution in [2.24, 2.45) is 4.99 Å². The number of fused-ring (bicyclic) bond motifs is 1. The fourth-order valence-corrected chi connectivity index (χ4v) is 4.30. The molecule has 2 aliphatic heterocycles. The number of aliphatic carboxylic acids is 1. The topological polar surface area (TPSA) is 70.0 Å². The Morgan fingerprint density at radius 3 is 2.62 bits per heavy atom. The number of carboxylic acids is 1. The molecule has 5 nitrogen and oxygen atoms in total. The Balaban J connectivity index is 0.00000161. The Hall–Kier alpha value is -0.820. The number of halogens is 1. The molecule has 1 unspecified atom stereocenters. The van der Waals surface area contributed by atoms with Gasteiger partial charge in [-0.3, -0.25) is 14.7 Å². The van der Waals surface area contributed by atoms with Gasteiger partial charge in [0.25, 0.3) is 5.91 Å². The average molecular weight is 375 g/mol. The van der Waals surface area contributed by atoms with Gasteiger partial charge in [0.15, 0.2) is 6.04 Å². The lowest BCUT2D eigenvalue weighted by atomic mass is 9.97. The van der Waals surface area contributed by atoms with E-state index in [0.717, 1.165) is 37.0 Å². The second-order valence-electron chi connectivity index (χ2n) is 5.54. The first-order valence-electron chi connectivity index (χ1n) is 7.03. The highest BCUT2D eigenvalue weighted by molar-refractivity contribution is 8.93. The van der Waals surface area contributed by atoms with E-state index in [9.17, 15) is 14.7 Å². The summed E-state index contributed by atoms with van der Waals surface area (Å²) >= 11 is 1.62. The van der Waals surface area contributed by atoms with Crippen LogP contribution in [0.3, 0.4) is 0 Å². The molecule has 3 rings (SSSR count). The molecule has 0 radical (unpaired) electrons. The van der Waals surface area contributed by atoms with Crippen molar-refractivity contribution >= 4 is 46.3 Å². The minimum absolute atomic E-state index is 0. The van der Waals surface area contributed by atoms with Crippen molar-refractivity contribution in [3.63, 3.8) is 0 Å². The van der Waals surface area contributed by atoms with Gasteiger partial charge in [-0.2, -0.15) is 0 Å². The van der Waals surface area contributed by atoms with Crippen LogP contribution in [-0.4, -0.2) is 44.8 Å². The lowest BCUT2D eigenvalue weighted by Gasteiger charge is -2.47. The molecule has 0 aromatic rings. The largest absolute Gasteiger partial charge is 0.477 e. The van der Waals surface area contributed by atoms with Crippen molar-refractivity contribution in [1.82, 2.24) is 4.90 Å². The van der Waals surface area contributed by atoms with E-state index in [1.807, 2.05) is 0 Å². The Morgan fingerprint density at radius 2 is 2.00 bits per heavy atom. The van der Waals surface area contributed by atoms with Crippen molar-refractivity contribution < 1.29 is 14.7 Å². The first-order chi connectivity index (χ1) is 9.59. The van der Waals surface area contributed by atoms with E-state index in [1.54, 1.807) is 18.7 Å². The first-order valence-corrected chi connectivity index (χ1v) is 8.07. The van der Waals surface area contributed by atoms with Crippen molar-refractivity contribution in [3.05, 3.63) is 11.3 Å². The summed E-state index contributed by atoms with van der Waals surface area (Å²) in [6.45, 7) is 1.78. The molecular formula is C14H19BrN2O3S. The highest BCUT2D eigenvalue weighted by Gasteiger charge is 2.53. The third kappa shape index (κ3) is 2.90. The van der Waals surface area contributed by atoms with Crippen LogP contribution in [0, 0.1) is 0 Å². The molecule has 1 N–H and O–H groups in total. The Bertz CT molecular complexity index is 524. The maximum Gasteiger partial charge on any atom is 0.352 e. The summed E-state index contributed by atoms with van der Waals surface area (Å²) in [5.74, 6) is -0.501. The Labute approximate surface area is 138 Å². The molecule has 21 heavy (non-hydrogen) atoms. The molecule has 0 aromatic heterocycles. The number of carbonyl (C=O) groups excluding carboxylic acids is 1. The predicted molar refractivity (Wildman–Crippen MR) is 88.1 cm³/mol. The molecule has 1 saturated heterocycles. The quantitative estimate of drug-likeness (QED) is 0.754. The summed E-state index contributed by atoms with van der Waals surface area (Å²) in [6.07, 6.45) is 5.53. The maximum atomic E-state index is 12.2. The van der Waals surface area contributed by atoms with Gasteiger partial charge in [0.2, 0.25) is 0 Å². The van der Waals surface area contributed by atoms with Gasteiger partial charge >= 0.3 is 5.97 Å². The maximum absolute atomic E-state index is 12.2. The molecule has 2 fully saturated rings. The molecule has 2 heterocycles. The third-order valence-electron chi connectivity index (χ3n) is 4.09. The molecule has 1 saturated carbocycles. The lowest BCUT2D eigenvalue weighted by molar-refractivity contribution is -0.147. The summed E-state index contributed by atoms with van der Waals surface area (Å²) in [6, 6.07) is -0.365. The molecule has 7 heteroatoms. The lowest BCUT2D eigenvalue weighted by Crippen LogP contribution is -2.64. The third-order valence-corrected chi connectivity index (χ3v) is 5.50. The standard InChI is InChI=1S/C14H18N2O3S.BrH/c1-8-7-20-13-10(15-9-5-3-2-4-6-9)12(17)16(13)11(8)14(18)19;/h10,13H,2-7H2,1H3,(H,18,19);1H/t10?,13-;/m1./s1. The van der Waals surface area contributed by atoms with Crippen LogP contribution in [0.25, 0.3) is 0 Å². The second kappa shape index (κ2) is 6.52. The van der Waals surface area contributed by atoms with Crippen LogP contribution in [0.15, 0.2) is 16.3 Å². The number of aliphatic imine (C=N–C) groups is 1. The van der Waals surface area contributed by atoms with Gasteiger partial charge < -0.3 is 5.11 Å². The number of hydrogen-bond acceptors (Lipinski definition) is 4. The van der Waals surface area contributed by atoms with Crippen LogP contribution in [0.4, 0.5) is 0 Å². The Morgan fingerprint density at radius 1 is 1.33 bits per heavy atom. The van der Waals surface area contributed by atoms with Crippen LogP contribution in [0.1, 0.15) is 39.0 Å². The van der Waals surface area contributed by atoms with Crippen LogP contribution >= 0.6 is 28.7 Å². The summed E-state index contributed by atoms with van der Waals surface area (Å²) in [7, 11) is 0. The van der Waals surface area contributed by atoms with E-state index in [1.165, 1.54) is 11.3 Å². The van der Waals surface area contributed by atoms with Crippen LogP contribution in [0.2, 0.25) is 0 Å². The van der Waals surface area contributed by atoms with Crippen molar-refractivity contribution in [1.29, 1.82) is 0 Å². The van der Waals surface area contributed by atoms with Gasteiger partial charge in [-0.15, -0.1) is 28.7 Å². The summed E-state index contributed by atoms with van der Waals surface area (Å²) < 4.78 is 0. The molecule has 1 aliphatic carbocycles. The molecule has 1 amide bonds. The number of β-lactam (4-membered cyclic amide) rings is 1. The zero-order chi connectivity index (χ0) is 14.3. The fraction of sp³-hybridized carbons (Fsp3) is 0.643. The Kier molecular flexibility index (Phi) is 5.14. The SMILES string of the molecule is Br.CC1=C(C(=O)O)N2C(=O)C(N=C3CCCCC3)[C@H]2SC1. The van der Waals surface area contributed by atoms with E-state index >= 15 is 0 Å². The van der Waals surface area contributed by atoms with Crippen molar-refractivity contribution in [2.75, 3.05) is 5.75 Å². The predicted octanol–water partition coefficient (Wildman–Crippen LogP) is 2.61. The van der Waals surface area contributed by atoms with E-state index in [4.69, 9.17) is 0 Å². The molecule has 3 aliphatic rings. The van der Waals surface area contributed by atoms with Gasteiger partial charge in [0.1, 0.15) is 11.1 Å². The minimum atomic E-state index is -1.01. The molecular weight excluding hydrogens is 356 g/mol. The van der Waals surface area contributed by atoms with Gasteiger partial charge in [-0.25, -0.2) is 4.79 Å². The van der Waals surface area contributed by atoms with E-state index in [2.05, 4.69) is 4.99 Å². The number of carbonyl (C=O) groups is 2. The zero-order valence-corrected chi connectivity index (χ0v) is 14.4. The van der Waals surface area contributed by atoms with Gasteiger partial charge in [-0.05, 0) is 38.2 Å². The van der Waals surface area contributed by atoms with E-state index in [-0.39, 0.29) is 40.0 Å². The highest BCUT2D eigenvalue weighted by atomic mass is 79.9. The summed E-state index contributed by atoms with van der Waals surface area (Å²) in [4.78, 5) is 29.6. The number of carboxylic acid groups (broad SMARTS) is 1. The number of thioether (sulfide) groups is 1. The first kappa shape index (κ1) is 16.5. The molecule has 0 spiro atoms. The number of amides is 1. The molecule has 2 atom stereocenters. The zero-order valence-electron chi connectivity index (χ0n) is 11.9. The second-order valence-corrected chi connectivity index (χ2v) is 6.65. The minimum Gasteiger partial charge on any atom is -0.477 e. The molecule has 0 bridgehead atoms. The summed E-state index contributed by atoms with van der Waals surface area (Å²) in [5.41, 5.74) is 2.06. The van der Waals surface area contributed by atoms with E-state index < -0.39 is 5.97 Å². The smallest absolute Gasteiger partial charge is 0.352 e. The normalized spacial score (nSPS) is 28.5. The summed E-state index contributed by atoms with van der Waals surface area (Å²) in [5, 5.41) is 9.14. The number of rotatable bonds is 2. The molecule has 116 valence electrons. The monoisotopic (exact) mass is 374 g/mol.